The summed E-state index contributed by atoms with van der Waals surface area (Å²) >= 11 is 6.01. The molecule has 7 heteroatoms. The number of allylic oxidation sites excluding steroid dienone is 2. The van der Waals surface area contributed by atoms with Crippen LogP contribution in [0.4, 0.5) is 0 Å². The molecule has 6 nitrogen and oxygen atoms in total. The molecule has 0 spiro atoms. The van der Waals surface area contributed by atoms with E-state index >= 15 is 0 Å². The van der Waals surface area contributed by atoms with Crippen LogP contribution in [-0.2, 0) is 9.53 Å². The van der Waals surface area contributed by atoms with Gasteiger partial charge in [0.15, 0.2) is 11.6 Å². The van der Waals surface area contributed by atoms with Gasteiger partial charge in [0.25, 0.3) is 0 Å². The average Bonchev–Trinajstić information content (AvgIpc) is 2.61. The maximum absolute atomic E-state index is 13.2. The molecular formula is C19H20ClNO5. The molecule has 0 aliphatic heterocycles. The summed E-state index contributed by atoms with van der Waals surface area (Å²) in [5, 5.41) is 19.3. The van der Waals surface area contributed by atoms with Crippen molar-refractivity contribution >= 4 is 23.2 Å². The molecule has 0 amide bonds. The highest BCUT2D eigenvalue weighted by Gasteiger charge is 2.33. The van der Waals surface area contributed by atoms with Gasteiger partial charge in [-0.3, -0.25) is 9.59 Å². The van der Waals surface area contributed by atoms with Gasteiger partial charge >= 0.3 is 0 Å². The molecule has 26 heavy (non-hydrogen) atoms. The van der Waals surface area contributed by atoms with Crippen LogP contribution in [0.3, 0.4) is 0 Å². The van der Waals surface area contributed by atoms with Crippen molar-refractivity contribution in [3.8, 4) is 17.6 Å². The standard InChI is InChI=1S/C19H20ClNO5/c1-10-6-12(22)8-13(25-2)4-5-14(10)18(23)16-15(26-3)7-11(9-21)17(20)19(16)24/h7-8,10,14,24H,4-6H2,1-3H3/b13-8+/t10-,14?/m1/s1. The highest BCUT2D eigenvalue weighted by Crippen LogP contribution is 2.41. The second-order valence-electron chi connectivity index (χ2n) is 6.25. The van der Waals surface area contributed by atoms with Gasteiger partial charge in [0.1, 0.15) is 28.2 Å². The van der Waals surface area contributed by atoms with Crippen LogP contribution in [0.25, 0.3) is 0 Å². The quantitative estimate of drug-likeness (QED) is 0.804. The topological polar surface area (TPSA) is 96.6 Å². The molecule has 1 N–H and O–H groups in total. The highest BCUT2D eigenvalue weighted by atomic mass is 35.5. The Morgan fingerprint density at radius 2 is 2.08 bits per heavy atom. The lowest BCUT2D eigenvalue weighted by Gasteiger charge is -2.25. The number of nitriles is 1. The first kappa shape index (κ1) is 19.8. The van der Waals surface area contributed by atoms with Gasteiger partial charge in [-0.1, -0.05) is 18.5 Å². The number of phenolic OH excluding ortho intramolecular Hbond substituents is 1. The van der Waals surface area contributed by atoms with E-state index in [9.17, 15) is 14.7 Å². The number of ether oxygens (including phenoxy) is 2. The first-order valence-electron chi connectivity index (χ1n) is 8.15. The predicted molar refractivity (Wildman–Crippen MR) is 95.3 cm³/mol. The summed E-state index contributed by atoms with van der Waals surface area (Å²) in [6, 6.07) is 3.18. The Labute approximate surface area is 157 Å². The predicted octanol–water partition coefficient (Wildman–Crippen LogP) is 3.64. The molecule has 1 unspecified atom stereocenters. The second kappa shape index (κ2) is 8.24. The van der Waals surface area contributed by atoms with E-state index in [0.717, 1.165) is 0 Å². The summed E-state index contributed by atoms with van der Waals surface area (Å²) in [5.41, 5.74) is -0.0487. The van der Waals surface area contributed by atoms with Gasteiger partial charge in [0, 0.05) is 30.9 Å². The van der Waals surface area contributed by atoms with Crippen LogP contribution in [0, 0.1) is 23.2 Å². The van der Waals surface area contributed by atoms with E-state index in [1.54, 1.807) is 0 Å². The molecule has 1 aliphatic carbocycles. The molecule has 1 aliphatic rings. The van der Waals surface area contributed by atoms with Crippen molar-refractivity contribution in [3.63, 3.8) is 0 Å². The zero-order chi connectivity index (χ0) is 19.4. The first-order chi connectivity index (χ1) is 12.3. The third kappa shape index (κ3) is 3.83. The number of carbonyl (C=O) groups excluding carboxylic acids is 2. The first-order valence-corrected chi connectivity index (χ1v) is 8.52. The van der Waals surface area contributed by atoms with E-state index in [1.165, 1.54) is 26.4 Å². The van der Waals surface area contributed by atoms with Crippen molar-refractivity contribution < 1.29 is 24.2 Å². The summed E-state index contributed by atoms with van der Waals surface area (Å²) < 4.78 is 10.4. The van der Waals surface area contributed by atoms with Crippen LogP contribution >= 0.6 is 11.6 Å². The fraction of sp³-hybridized carbons (Fsp3) is 0.421. The van der Waals surface area contributed by atoms with Crippen LogP contribution in [0.2, 0.25) is 5.02 Å². The minimum Gasteiger partial charge on any atom is -0.505 e. The second-order valence-corrected chi connectivity index (χ2v) is 6.63. The number of hydrogen-bond donors (Lipinski definition) is 1. The summed E-state index contributed by atoms with van der Waals surface area (Å²) in [5.74, 6) is -1.12. The SMILES string of the molecule is CO/C1=C/C(=O)C[C@@H](C)C(C(=O)c2c(OC)cc(C#N)c(Cl)c2O)CC1. The maximum Gasteiger partial charge on any atom is 0.173 e. The Bertz CT molecular complexity index is 809. The molecule has 0 fully saturated rings. The normalized spacial score (nSPS) is 22.4. The number of phenols is 1. The number of benzene rings is 1. The Balaban J connectivity index is 2.48. The molecule has 138 valence electrons. The molecule has 1 aromatic carbocycles. The number of rotatable bonds is 4. The average molecular weight is 378 g/mol. The lowest BCUT2D eigenvalue weighted by atomic mass is 9.79. The lowest BCUT2D eigenvalue weighted by Crippen LogP contribution is -2.26. The Morgan fingerprint density at radius 1 is 1.38 bits per heavy atom. The van der Waals surface area contributed by atoms with Gasteiger partial charge in [-0.2, -0.15) is 5.26 Å². The molecule has 0 heterocycles. The molecule has 0 saturated heterocycles. The zero-order valence-electron chi connectivity index (χ0n) is 14.8. The van der Waals surface area contributed by atoms with Crippen molar-refractivity contribution in [1.82, 2.24) is 0 Å². The Hall–Kier alpha value is -2.52. The van der Waals surface area contributed by atoms with Crippen molar-refractivity contribution in [2.75, 3.05) is 14.2 Å². The van der Waals surface area contributed by atoms with Crippen LogP contribution < -0.4 is 4.74 Å². The number of hydrogen-bond acceptors (Lipinski definition) is 6. The van der Waals surface area contributed by atoms with E-state index in [-0.39, 0.29) is 45.8 Å². The van der Waals surface area contributed by atoms with E-state index in [1.807, 2.05) is 13.0 Å². The van der Waals surface area contributed by atoms with Crippen LogP contribution in [-0.4, -0.2) is 30.9 Å². The number of carbonyl (C=O) groups is 2. The maximum atomic E-state index is 13.2. The van der Waals surface area contributed by atoms with E-state index < -0.39 is 11.7 Å². The third-order valence-corrected chi connectivity index (χ3v) is 5.01. The van der Waals surface area contributed by atoms with E-state index in [2.05, 4.69) is 0 Å². The van der Waals surface area contributed by atoms with E-state index in [0.29, 0.717) is 18.6 Å². The third-order valence-electron chi connectivity index (χ3n) is 4.62. The van der Waals surface area contributed by atoms with Gasteiger partial charge in [-0.25, -0.2) is 0 Å². The Kier molecular flexibility index (Phi) is 6.27. The van der Waals surface area contributed by atoms with Gasteiger partial charge < -0.3 is 14.6 Å². The molecule has 0 aromatic heterocycles. The lowest BCUT2D eigenvalue weighted by molar-refractivity contribution is -0.115. The number of aromatic hydroxyl groups is 1. The molecule has 0 saturated carbocycles. The fourth-order valence-electron chi connectivity index (χ4n) is 3.19. The minimum absolute atomic E-state index is 0.0167. The van der Waals surface area contributed by atoms with Gasteiger partial charge in [-0.15, -0.1) is 0 Å². The molecule has 0 radical (unpaired) electrons. The van der Waals surface area contributed by atoms with Crippen molar-refractivity contribution in [2.45, 2.75) is 26.2 Å². The van der Waals surface area contributed by atoms with Gasteiger partial charge in [0.2, 0.25) is 0 Å². The van der Waals surface area contributed by atoms with Crippen molar-refractivity contribution in [3.05, 3.63) is 34.1 Å². The van der Waals surface area contributed by atoms with E-state index in [4.69, 9.17) is 26.3 Å². The number of Topliss-reactive ketones (excluding diaryl/α,β-unsaturated/α-hetero) is 1. The minimum atomic E-state index is -0.526. The van der Waals surface area contributed by atoms with Crippen LogP contribution in [0.1, 0.15) is 42.1 Å². The molecular weight excluding hydrogens is 358 g/mol. The number of ketones is 2. The molecule has 2 atom stereocenters. The summed E-state index contributed by atoms with van der Waals surface area (Å²) in [7, 11) is 2.83. The molecule has 2 rings (SSSR count). The Morgan fingerprint density at radius 3 is 2.65 bits per heavy atom. The van der Waals surface area contributed by atoms with Gasteiger partial charge in [-0.05, 0) is 12.3 Å². The highest BCUT2D eigenvalue weighted by molar-refractivity contribution is 6.34. The van der Waals surface area contributed by atoms with Crippen molar-refractivity contribution in [1.29, 1.82) is 5.26 Å². The number of nitrogens with zero attached hydrogens (tertiary/aromatic N) is 1. The largest absolute Gasteiger partial charge is 0.505 e. The molecule has 1 aromatic rings. The number of methoxy groups -OCH3 is 2. The zero-order valence-corrected chi connectivity index (χ0v) is 15.6. The summed E-state index contributed by atoms with van der Waals surface area (Å²) in [6.07, 6.45) is 2.54. The summed E-state index contributed by atoms with van der Waals surface area (Å²) in [4.78, 5) is 25.2. The fourth-order valence-corrected chi connectivity index (χ4v) is 3.38. The van der Waals surface area contributed by atoms with Crippen LogP contribution in [0.15, 0.2) is 17.9 Å². The van der Waals surface area contributed by atoms with Crippen molar-refractivity contribution in [2.24, 2.45) is 11.8 Å². The van der Waals surface area contributed by atoms with Gasteiger partial charge in [0.05, 0.1) is 25.5 Å². The monoisotopic (exact) mass is 377 g/mol. The number of halogens is 1. The summed E-state index contributed by atoms with van der Waals surface area (Å²) in [6.45, 7) is 1.82. The molecule has 0 bridgehead atoms. The smallest absolute Gasteiger partial charge is 0.173 e. The van der Waals surface area contributed by atoms with Crippen LogP contribution in [0.5, 0.6) is 11.5 Å².